The molecule has 0 fully saturated rings. The minimum Gasteiger partial charge on any atom is -0.491 e. The molecule has 0 atom stereocenters. The Bertz CT molecular complexity index is 679. The first-order valence-electron chi connectivity index (χ1n) is 7.24. The Hall–Kier alpha value is -2.89. The quantitative estimate of drug-likeness (QED) is 0.653. The van der Waals surface area contributed by atoms with Crippen LogP contribution in [0.2, 0.25) is 0 Å². The second-order valence-corrected chi connectivity index (χ2v) is 5.34. The number of amides is 1. The fourth-order valence-corrected chi connectivity index (χ4v) is 2.02. The third kappa shape index (κ3) is 5.10. The van der Waals surface area contributed by atoms with Crippen LogP contribution >= 0.6 is 0 Å². The summed E-state index contributed by atoms with van der Waals surface area (Å²) in [6.45, 7) is 3.89. The monoisotopic (exact) mass is 314 g/mol. The minimum atomic E-state index is -0.468. The molecular weight excluding hydrogens is 296 g/mol. The molecule has 1 N–H and O–H groups in total. The van der Waals surface area contributed by atoms with Gasteiger partial charge in [-0.05, 0) is 43.7 Å². The van der Waals surface area contributed by atoms with Gasteiger partial charge in [0.05, 0.1) is 17.4 Å². The first-order valence-corrected chi connectivity index (χ1v) is 7.24. The molecule has 6 nitrogen and oxygen atoms in total. The second-order valence-electron chi connectivity index (χ2n) is 5.34. The van der Waals surface area contributed by atoms with E-state index < -0.39 is 4.92 Å². The number of carbonyl (C=O) groups excluding carboxylic acids is 1. The Labute approximate surface area is 134 Å². The third-order valence-electron chi connectivity index (χ3n) is 3.02. The van der Waals surface area contributed by atoms with Gasteiger partial charge in [0.1, 0.15) is 5.75 Å². The number of nitrogens with zero attached hydrogens (tertiary/aromatic N) is 1. The maximum Gasteiger partial charge on any atom is 0.269 e. The summed E-state index contributed by atoms with van der Waals surface area (Å²) in [6.07, 6.45) is 0.250. The van der Waals surface area contributed by atoms with Gasteiger partial charge in [-0.2, -0.15) is 0 Å². The van der Waals surface area contributed by atoms with Crippen molar-refractivity contribution in [3.05, 3.63) is 64.2 Å². The molecule has 0 saturated heterocycles. The first-order chi connectivity index (χ1) is 10.9. The predicted octanol–water partition coefficient (Wildman–Crippen LogP) is 3.56. The molecule has 1 amide bonds. The minimum absolute atomic E-state index is 0.00917. The molecule has 0 unspecified atom stereocenters. The zero-order valence-electron chi connectivity index (χ0n) is 13.0. The summed E-state index contributed by atoms with van der Waals surface area (Å²) in [5.41, 5.74) is 1.40. The molecule has 6 heteroatoms. The fraction of sp³-hybridized carbons (Fsp3) is 0.235. The predicted molar refractivity (Wildman–Crippen MR) is 87.6 cm³/mol. The molecule has 2 aromatic rings. The molecule has 0 aromatic heterocycles. The van der Waals surface area contributed by atoms with Crippen molar-refractivity contribution in [3.8, 4) is 5.75 Å². The van der Waals surface area contributed by atoms with Gasteiger partial charge in [-0.3, -0.25) is 14.9 Å². The number of nitrogens with one attached hydrogen (secondary N) is 1. The van der Waals surface area contributed by atoms with E-state index in [1.807, 2.05) is 13.8 Å². The van der Waals surface area contributed by atoms with Gasteiger partial charge in [0, 0.05) is 17.8 Å². The number of nitro benzene ring substituents is 1. The Kier molecular flexibility index (Phi) is 5.30. The Morgan fingerprint density at radius 1 is 1.13 bits per heavy atom. The largest absolute Gasteiger partial charge is 0.491 e. The molecule has 0 aliphatic heterocycles. The molecule has 0 aliphatic rings. The van der Waals surface area contributed by atoms with E-state index in [1.54, 1.807) is 36.4 Å². The third-order valence-corrected chi connectivity index (χ3v) is 3.02. The molecule has 120 valence electrons. The van der Waals surface area contributed by atoms with Crippen molar-refractivity contribution in [1.82, 2.24) is 0 Å². The summed E-state index contributed by atoms with van der Waals surface area (Å²) in [4.78, 5) is 22.1. The van der Waals surface area contributed by atoms with Crippen LogP contribution in [-0.4, -0.2) is 16.9 Å². The molecule has 0 spiro atoms. The smallest absolute Gasteiger partial charge is 0.269 e. The molecule has 0 radical (unpaired) electrons. The first kappa shape index (κ1) is 16.5. The van der Waals surface area contributed by atoms with Gasteiger partial charge in [-0.25, -0.2) is 0 Å². The van der Waals surface area contributed by atoms with Crippen LogP contribution in [-0.2, 0) is 11.2 Å². The van der Waals surface area contributed by atoms with E-state index in [1.165, 1.54) is 12.1 Å². The summed E-state index contributed by atoms with van der Waals surface area (Å²) in [5, 5.41) is 13.4. The lowest BCUT2D eigenvalue weighted by Gasteiger charge is -2.10. The van der Waals surface area contributed by atoms with E-state index in [0.29, 0.717) is 11.3 Å². The highest BCUT2D eigenvalue weighted by atomic mass is 16.6. The highest BCUT2D eigenvalue weighted by molar-refractivity contribution is 5.92. The van der Waals surface area contributed by atoms with Crippen molar-refractivity contribution in [2.45, 2.75) is 26.4 Å². The number of rotatable bonds is 6. The molecule has 0 aliphatic carbocycles. The molecule has 0 heterocycles. The normalized spacial score (nSPS) is 10.4. The van der Waals surface area contributed by atoms with Crippen molar-refractivity contribution in [1.29, 1.82) is 0 Å². The van der Waals surface area contributed by atoms with Gasteiger partial charge < -0.3 is 10.1 Å². The summed E-state index contributed by atoms with van der Waals surface area (Å²) >= 11 is 0. The molecule has 0 bridgehead atoms. The second kappa shape index (κ2) is 7.40. The number of nitro groups is 1. The van der Waals surface area contributed by atoms with E-state index in [0.717, 1.165) is 5.75 Å². The summed E-state index contributed by atoms with van der Waals surface area (Å²) in [7, 11) is 0. The van der Waals surface area contributed by atoms with E-state index in [-0.39, 0.29) is 24.1 Å². The van der Waals surface area contributed by atoms with Gasteiger partial charge in [0.2, 0.25) is 5.91 Å². The molecule has 23 heavy (non-hydrogen) atoms. The van der Waals surface area contributed by atoms with Crippen molar-refractivity contribution < 1.29 is 14.5 Å². The van der Waals surface area contributed by atoms with Crippen LogP contribution in [0.1, 0.15) is 19.4 Å². The Morgan fingerprint density at radius 2 is 1.74 bits per heavy atom. The lowest BCUT2D eigenvalue weighted by atomic mass is 10.1. The van der Waals surface area contributed by atoms with Gasteiger partial charge >= 0.3 is 0 Å². The van der Waals surface area contributed by atoms with Gasteiger partial charge in [-0.1, -0.05) is 12.1 Å². The summed E-state index contributed by atoms with van der Waals surface area (Å²) in [6, 6.07) is 13.1. The number of anilines is 1. The number of hydrogen-bond acceptors (Lipinski definition) is 4. The van der Waals surface area contributed by atoms with E-state index in [9.17, 15) is 14.9 Å². The zero-order valence-corrected chi connectivity index (χ0v) is 13.0. The van der Waals surface area contributed by atoms with Crippen LogP contribution < -0.4 is 10.1 Å². The topological polar surface area (TPSA) is 81.5 Å². The average Bonchev–Trinajstić information content (AvgIpc) is 2.49. The standard InChI is InChI=1S/C17H18N2O4/c1-12(2)23-16-9-5-14(6-10-16)18-17(20)11-13-3-7-15(8-4-13)19(21)22/h3-10,12H,11H2,1-2H3,(H,18,20). The maximum atomic E-state index is 12.0. The zero-order chi connectivity index (χ0) is 16.8. The van der Waals surface area contributed by atoms with Crippen LogP contribution in [0.3, 0.4) is 0 Å². The fourth-order valence-electron chi connectivity index (χ4n) is 2.02. The van der Waals surface area contributed by atoms with Gasteiger partial charge in [0.25, 0.3) is 5.69 Å². The maximum absolute atomic E-state index is 12.0. The van der Waals surface area contributed by atoms with Crippen LogP contribution in [0.5, 0.6) is 5.75 Å². The van der Waals surface area contributed by atoms with Crippen molar-refractivity contribution in [3.63, 3.8) is 0 Å². The average molecular weight is 314 g/mol. The van der Waals surface area contributed by atoms with Crippen molar-refractivity contribution in [2.24, 2.45) is 0 Å². The number of carbonyl (C=O) groups is 1. The Balaban J connectivity index is 1.92. The SMILES string of the molecule is CC(C)Oc1ccc(NC(=O)Cc2ccc([N+](=O)[O-])cc2)cc1. The molecule has 2 aromatic carbocycles. The van der Waals surface area contributed by atoms with Crippen molar-refractivity contribution >= 4 is 17.3 Å². The molecule has 2 rings (SSSR count). The highest BCUT2D eigenvalue weighted by Crippen LogP contribution is 2.17. The van der Waals surface area contributed by atoms with Crippen LogP contribution in [0.15, 0.2) is 48.5 Å². The Morgan fingerprint density at radius 3 is 2.26 bits per heavy atom. The van der Waals surface area contributed by atoms with E-state index >= 15 is 0 Å². The lowest BCUT2D eigenvalue weighted by molar-refractivity contribution is -0.384. The number of benzene rings is 2. The summed E-state index contributed by atoms with van der Waals surface area (Å²) in [5.74, 6) is 0.560. The van der Waals surface area contributed by atoms with Gasteiger partial charge in [-0.15, -0.1) is 0 Å². The van der Waals surface area contributed by atoms with Crippen LogP contribution in [0, 0.1) is 10.1 Å². The van der Waals surface area contributed by atoms with Crippen LogP contribution in [0.4, 0.5) is 11.4 Å². The lowest BCUT2D eigenvalue weighted by Crippen LogP contribution is -2.14. The number of ether oxygens (including phenoxy) is 1. The molecular formula is C17H18N2O4. The highest BCUT2D eigenvalue weighted by Gasteiger charge is 2.08. The van der Waals surface area contributed by atoms with E-state index in [2.05, 4.69) is 5.32 Å². The molecule has 0 saturated carbocycles. The van der Waals surface area contributed by atoms with Gasteiger partial charge in [0.15, 0.2) is 0 Å². The summed E-state index contributed by atoms with van der Waals surface area (Å²) < 4.78 is 5.53. The number of non-ortho nitro benzene ring substituents is 1. The van der Waals surface area contributed by atoms with Crippen LogP contribution in [0.25, 0.3) is 0 Å². The number of hydrogen-bond donors (Lipinski definition) is 1. The van der Waals surface area contributed by atoms with E-state index in [4.69, 9.17) is 4.74 Å². The van der Waals surface area contributed by atoms with Crippen molar-refractivity contribution in [2.75, 3.05) is 5.32 Å².